The van der Waals surface area contributed by atoms with E-state index < -0.39 is 0 Å². The molecule has 0 saturated heterocycles. The zero-order valence-corrected chi connectivity index (χ0v) is 12.0. The molecule has 1 aromatic carbocycles. The van der Waals surface area contributed by atoms with Crippen molar-refractivity contribution in [2.75, 3.05) is 0 Å². The molecular formula is C17H21NS. The van der Waals surface area contributed by atoms with E-state index in [4.69, 9.17) is 5.73 Å². The molecule has 3 rings (SSSR count). The minimum atomic E-state index is 0.0201. The maximum absolute atomic E-state index is 6.30. The van der Waals surface area contributed by atoms with Gasteiger partial charge in [0.25, 0.3) is 0 Å². The molecular weight excluding hydrogens is 250 g/mol. The van der Waals surface area contributed by atoms with Gasteiger partial charge in [-0.3, -0.25) is 0 Å². The molecule has 1 aliphatic rings. The summed E-state index contributed by atoms with van der Waals surface area (Å²) in [5.74, 6) is 0.778. The molecule has 2 heteroatoms. The van der Waals surface area contributed by atoms with Gasteiger partial charge in [-0.15, -0.1) is 0 Å². The number of thiophene rings is 1. The van der Waals surface area contributed by atoms with E-state index >= 15 is 0 Å². The molecule has 1 aromatic heterocycles. The first kappa shape index (κ1) is 12.9. The Balaban J connectivity index is 1.75. The summed E-state index contributed by atoms with van der Waals surface area (Å²) in [6, 6.07) is 11.1. The van der Waals surface area contributed by atoms with Crippen molar-refractivity contribution in [3.63, 3.8) is 0 Å². The van der Waals surface area contributed by atoms with Crippen LogP contribution in [0, 0.1) is 0 Å². The molecule has 1 unspecified atom stereocenters. The molecule has 2 N–H and O–H groups in total. The highest BCUT2D eigenvalue weighted by Crippen LogP contribution is 2.33. The molecule has 2 aromatic rings. The van der Waals surface area contributed by atoms with Gasteiger partial charge in [0.05, 0.1) is 6.04 Å². The first-order chi connectivity index (χ1) is 9.34. The van der Waals surface area contributed by atoms with Gasteiger partial charge in [-0.2, -0.15) is 11.3 Å². The second-order valence-electron chi connectivity index (χ2n) is 5.54. The van der Waals surface area contributed by atoms with E-state index in [0.29, 0.717) is 0 Å². The first-order valence-electron chi connectivity index (χ1n) is 7.22. The van der Waals surface area contributed by atoms with Gasteiger partial charge in [-0.25, -0.2) is 0 Å². The van der Waals surface area contributed by atoms with Crippen molar-refractivity contribution in [2.24, 2.45) is 5.73 Å². The van der Waals surface area contributed by atoms with Crippen LogP contribution in [-0.4, -0.2) is 0 Å². The Morgan fingerprint density at radius 1 is 0.947 bits per heavy atom. The predicted octanol–water partition coefficient (Wildman–Crippen LogP) is 4.84. The standard InChI is InChI=1S/C17H21NS/c18-17(16-10-11-19-12-16)15-8-6-14(7-9-15)13-4-2-1-3-5-13/h6-13,17H,1-5,18H2. The minimum absolute atomic E-state index is 0.0201. The van der Waals surface area contributed by atoms with Gasteiger partial charge in [-0.05, 0) is 52.3 Å². The molecule has 100 valence electrons. The topological polar surface area (TPSA) is 26.0 Å². The van der Waals surface area contributed by atoms with Gasteiger partial charge in [-0.1, -0.05) is 43.5 Å². The third kappa shape index (κ3) is 2.90. The van der Waals surface area contributed by atoms with E-state index in [2.05, 4.69) is 41.1 Å². The lowest BCUT2D eigenvalue weighted by Gasteiger charge is -2.22. The van der Waals surface area contributed by atoms with Crippen LogP contribution in [-0.2, 0) is 0 Å². The van der Waals surface area contributed by atoms with Gasteiger partial charge in [0.15, 0.2) is 0 Å². The third-order valence-corrected chi connectivity index (χ3v) is 4.98. The Morgan fingerprint density at radius 3 is 2.32 bits per heavy atom. The van der Waals surface area contributed by atoms with Crippen LogP contribution < -0.4 is 5.73 Å². The van der Waals surface area contributed by atoms with Crippen molar-refractivity contribution in [2.45, 2.75) is 44.1 Å². The van der Waals surface area contributed by atoms with Crippen LogP contribution in [0.1, 0.15) is 60.8 Å². The van der Waals surface area contributed by atoms with Crippen molar-refractivity contribution < 1.29 is 0 Å². The molecule has 1 nitrogen and oxygen atoms in total. The summed E-state index contributed by atoms with van der Waals surface area (Å²) in [6.07, 6.45) is 6.91. The summed E-state index contributed by atoms with van der Waals surface area (Å²) in [5.41, 5.74) is 10.2. The van der Waals surface area contributed by atoms with E-state index in [-0.39, 0.29) is 6.04 Å². The average Bonchev–Trinajstić information content (AvgIpc) is 3.02. The zero-order valence-electron chi connectivity index (χ0n) is 11.2. The molecule has 1 fully saturated rings. The summed E-state index contributed by atoms with van der Waals surface area (Å²) in [4.78, 5) is 0. The number of benzene rings is 1. The number of hydrogen-bond acceptors (Lipinski definition) is 2. The van der Waals surface area contributed by atoms with E-state index in [0.717, 1.165) is 5.92 Å². The quantitative estimate of drug-likeness (QED) is 0.849. The van der Waals surface area contributed by atoms with E-state index in [1.807, 2.05) is 0 Å². The predicted molar refractivity (Wildman–Crippen MR) is 82.6 cm³/mol. The van der Waals surface area contributed by atoms with Gasteiger partial charge in [0, 0.05) is 0 Å². The van der Waals surface area contributed by atoms with Gasteiger partial charge < -0.3 is 5.73 Å². The van der Waals surface area contributed by atoms with E-state index in [9.17, 15) is 0 Å². The lowest BCUT2D eigenvalue weighted by Crippen LogP contribution is -2.11. The molecule has 1 aliphatic carbocycles. The largest absolute Gasteiger partial charge is 0.320 e. The zero-order chi connectivity index (χ0) is 13.1. The second kappa shape index (κ2) is 5.89. The monoisotopic (exact) mass is 271 g/mol. The van der Waals surface area contributed by atoms with Crippen molar-refractivity contribution in [1.82, 2.24) is 0 Å². The highest BCUT2D eigenvalue weighted by atomic mass is 32.1. The fraction of sp³-hybridized carbons (Fsp3) is 0.412. The summed E-state index contributed by atoms with van der Waals surface area (Å²) in [7, 11) is 0. The SMILES string of the molecule is NC(c1ccc(C2CCCCC2)cc1)c1ccsc1. The third-order valence-electron chi connectivity index (χ3n) is 4.27. The van der Waals surface area contributed by atoms with Crippen molar-refractivity contribution in [1.29, 1.82) is 0 Å². The fourth-order valence-electron chi connectivity index (χ4n) is 3.06. The molecule has 1 saturated carbocycles. The highest BCUT2D eigenvalue weighted by Gasteiger charge is 2.16. The molecule has 0 aliphatic heterocycles. The van der Waals surface area contributed by atoms with Crippen molar-refractivity contribution in [3.8, 4) is 0 Å². The highest BCUT2D eigenvalue weighted by molar-refractivity contribution is 7.08. The number of hydrogen-bond donors (Lipinski definition) is 1. The van der Waals surface area contributed by atoms with Crippen LogP contribution in [0.5, 0.6) is 0 Å². The second-order valence-corrected chi connectivity index (χ2v) is 6.32. The Hall–Kier alpha value is -1.12. The summed E-state index contributed by atoms with van der Waals surface area (Å²) >= 11 is 1.71. The van der Waals surface area contributed by atoms with Crippen molar-refractivity contribution >= 4 is 11.3 Å². The summed E-state index contributed by atoms with van der Waals surface area (Å²) < 4.78 is 0. The molecule has 0 bridgehead atoms. The molecule has 19 heavy (non-hydrogen) atoms. The first-order valence-corrected chi connectivity index (χ1v) is 8.16. The Morgan fingerprint density at radius 2 is 1.68 bits per heavy atom. The number of rotatable bonds is 3. The van der Waals surface area contributed by atoms with Crippen LogP contribution in [0.3, 0.4) is 0 Å². The smallest absolute Gasteiger partial charge is 0.0559 e. The van der Waals surface area contributed by atoms with Crippen LogP contribution in [0.4, 0.5) is 0 Å². The van der Waals surface area contributed by atoms with Crippen LogP contribution in [0.25, 0.3) is 0 Å². The molecule has 0 spiro atoms. The lowest BCUT2D eigenvalue weighted by molar-refractivity contribution is 0.443. The summed E-state index contributed by atoms with van der Waals surface area (Å²) in [6.45, 7) is 0. The Kier molecular flexibility index (Phi) is 4.00. The van der Waals surface area contributed by atoms with Crippen LogP contribution >= 0.6 is 11.3 Å². The molecule has 0 radical (unpaired) electrons. The van der Waals surface area contributed by atoms with Gasteiger partial charge >= 0.3 is 0 Å². The fourth-order valence-corrected chi connectivity index (χ4v) is 3.75. The van der Waals surface area contributed by atoms with E-state index in [1.165, 1.54) is 48.8 Å². The summed E-state index contributed by atoms with van der Waals surface area (Å²) in [5, 5.41) is 4.23. The normalized spacial score (nSPS) is 18.4. The van der Waals surface area contributed by atoms with Gasteiger partial charge in [0.2, 0.25) is 0 Å². The number of nitrogens with two attached hydrogens (primary N) is 1. The van der Waals surface area contributed by atoms with Crippen LogP contribution in [0.15, 0.2) is 41.1 Å². The maximum atomic E-state index is 6.30. The molecule has 1 heterocycles. The van der Waals surface area contributed by atoms with Gasteiger partial charge in [0.1, 0.15) is 0 Å². The maximum Gasteiger partial charge on any atom is 0.0559 e. The lowest BCUT2D eigenvalue weighted by atomic mass is 9.83. The van der Waals surface area contributed by atoms with Crippen LogP contribution in [0.2, 0.25) is 0 Å². The molecule has 0 amide bonds. The van der Waals surface area contributed by atoms with Crippen molar-refractivity contribution in [3.05, 3.63) is 57.8 Å². The minimum Gasteiger partial charge on any atom is -0.320 e. The average molecular weight is 271 g/mol. The molecule has 1 atom stereocenters. The Labute approximate surface area is 119 Å². The Bertz CT molecular complexity index is 495. The van der Waals surface area contributed by atoms with E-state index in [1.54, 1.807) is 11.3 Å².